The molecular weight excluding hydrogens is 390 g/mol. The van der Waals surface area contributed by atoms with E-state index >= 15 is 0 Å². The summed E-state index contributed by atoms with van der Waals surface area (Å²) < 4.78 is 0. The molecule has 1 fully saturated rings. The Morgan fingerprint density at radius 2 is 1.72 bits per heavy atom. The Balaban J connectivity index is 0.00000240. The maximum Gasteiger partial charge on any atom is 0.251 e. The Morgan fingerprint density at radius 1 is 1.03 bits per heavy atom. The Hall–Kier alpha value is -2.86. The maximum atomic E-state index is 12.7. The number of carbonyl (C=O) groups is 3. The van der Waals surface area contributed by atoms with E-state index in [1.54, 1.807) is 24.3 Å². The summed E-state index contributed by atoms with van der Waals surface area (Å²) >= 11 is 0. The highest BCUT2D eigenvalue weighted by atomic mass is 35.5. The van der Waals surface area contributed by atoms with E-state index in [2.05, 4.69) is 5.32 Å². The SMILES string of the molecule is Cl.Nc1ccc2c(c1)CCCC2NC(=O)c1ccc(CN2C(=O)CCC2=O)cc1. The number of rotatable bonds is 4. The number of hydrogen-bond acceptors (Lipinski definition) is 4. The van der Waals surface area contributed by atoms with Crippen LogP contribution in [-0.2, 0) is 22.6 Å². The van der Waals surface area contributed by atoms with Gasteiger partial charge < -0.3 is 11.1 Å². The summed E-state index contributed by atoms with van der Waals surface area (Å²) in [6, 6.07) is 12.9. The zero-order valence-corrected chi connectivity index (χ0v) is 16.8. The first-order valence-corrected chi connectivity index (χ1v) is 9.62. The monoisotopic (exact) mass is 413 g/mol. The molecule has 1 aliphatic carbocycles. The van der Waals surface area contributed by atoms with E-state index in [4.69, 9.17) is 5.73 Å². The molecule has 3 N–H and O–H groups in total. The predicted molar refractivity (Wildman–Crippen MR) is 112 cm³/mol. The second kappa shape index (κ2) is 8.66. The fraction of sp³-hybridized carbons (Fsp3) is 0.318. The number of likely N-dealkylation sites (tertiary alicyclic amines) is 1. The Labute approximate surface area is 175 Å². The molecule has 1 aliphatic heterocycles. The topological polar surface area (TPSA) is 92.5 Å². The van der Waals surface area contributed by atoms with E-state index in [-0.39, 0.29) is 55.6 Å². The van der Waals surface area contributed by atoms with Crippen molar-refractivity contribution < 1.29 is 14.4 Å². The summed E-state index contributed by atoms with van der Waals surface area (Å²) in [6.45, 7) is 0.261. The molecule has 1 unspecified atom stereocenters. The molecule has 1 atom stereocenters. The second-order valence-electron chi connectivity index (χ2n) is 7.45. The second-order valence-corrected chi connectivity index (χ2v) is 7.45. The maximum absolute atomic E-state index is 12.7. The standard InChI is InChI=1S/C22H23N3O3.ClH/c23-17-8-9-18-16(12-17)2-1-3-19(18)24-22(28)15-6-4-14(5-7-15)13-25-20(26)10-11-21(25)27;/h4-9,12,19H,1-3,10-11,13,23H2,(H,24,28);1H. The van der Waals surface area contributed by atoms with Crippen molar-refractivity contribution in [3.8, 4) is 0 Å². The summed E-state index contributed by atoms with van der Waals surface area (Å²) in [4.78, 5) is 37.5. The van der Waals surface area contributed by atoms with Crippen LogP contribution in [0.2, 0.25) is 0 Å². The van der Waals surface area contributed by atoms with Gasteiger partial charge in [-0.25, -0.2) is 0 Å². The summed E-state index contributed by atoms with van der Waals surface area (Å²) in [5.41, 5.74) is 10.4. The lowest BCUT2D eigenvalue weighted by atomic mass is 9.87. The number of anilines is 1. The molecule has 0 spiro atoms. The number of halogens is 1. The molecule has 152 valence electrons. The zero-order chi connectivity index (χ0) is 19.7. The molecule has 2 aromatic carbocycles. The number of nitrogen functional groups attached to an aromatic ring is 1. The van der Waals surface area contributed by atoms with Crippen LogP contribution in [0.1, 0.15) is 58.8 Å². The quantitative estimate of drug-likeness (QED) is 0.594. The van der Waals surface area contributed by atoms with Crippen molar-refractivity contribution in [3.63, 3.8) is 0 Å². The molecule has 1 heterocycles. The zero-order valence-electron chi connectivity index (χ0n) is 16.0. The minimum absolute atomic E-state index is 0. The highest BCUT2D eigenvalue weighted by Gasteiger charge is 2.28. The molecule has 0 aromatic heterocycles. The van der Waals surface area contributed by atoms with Gasteiger partial charge in [-0.2, -0.15) is 0 Å². The highest BCUT2D eigenvalue weighted by Crippen LogP contribution is 2.31. The van der Waals surface area contributed by atoms with Gasteiger partial charge in [-0.05, 0) is 60.2 Å². The van der Waals surface area contributed by atoms with Gasteiger partial charge in [-0.3, -0.25) is 19.3 Å². The number of imide groups is 1. The lowest BCUT2D eigenvalue weighted by Crippen LogP contribution is -2.31. The normalized spacial score (nSPS) is 18.2. The number of fused-ring (bicyclic) bond motifs is 1. The van der Waals surface area contributed by atoms with Gasteiger partial charge in [0, 0.05) is 24.1 Å². The van der Waals surface area contributed by atoms with E-state index in [9.17, 15) is 14.4 Å². The molecule has 7 heteroatoms. The fourth-order valence-corrected chi connectivity index (χ4v) is 3.97. The van der Waals surface area contributed by atoms with Crippen molar-refractivity contribution in [1.29, 1.82) is 0 Å². The minimum atomic E-state index is -0.136. The number of nitrogens with zero attached hydrogens (tertiary/aromatic N) is 1. The Morgan fingerprint density at radius 3 is 2.41 bits per heavy atom. The van der Waals surface area contributed by atoms with Crippen molar-refractivity contribution >= 4 is 35.8 Å². The number of amides is 3. The summed E-state index contributed by atoms with van der Waals surface area (Å²) in [5, 5.41) is 3.12. The van der Waals surface area contributed by atoms with Crippen molar-refractivity contribution in [2.45, 2.75) is 44.7 Å². The summed E-state index contributed by atoms with van der Waals surface area (Å²) in [6.07, 6.45) is 3.47. The van der Waals surface area contributed by atoms with Gasteiger partial charge in [0.05, 0.1) is 12.6 Å². The number of nitrogens with one attached hydrogen (secondary N) is 1. The molecule has 3 amide bonds. The first-order valence-electron chi connectivity index (χ1n) is 9.62. The van der Waals surface area contributed by atoms with Gasteiger partial charge in [0.15, 0.2) is 0 Å². The average molecular weight is 414 g/mol. The average Bonchev–Trinajstić information content (AvgIpc) is 3.00. The molecule has 4 rings (SSSR count). The molecular formula is C22H24ClN3O3. The lowest BCUT2D eigenvalue weighted by Gasteiger charge is -2.26. The summed E-state index contributed by atoms with van der Waals surface area (Å²) in [5.74, 6) is -0.401. The van der Waals surface area contributed by atoms with Gasteiger partial charge in [0.2, 0.25) is 11.8 Å². The number of hydrogen-bond donors (Lipinski definition) is 2. The van der Waals surface area contributed by atoms with Crippen LogP contribution in [0.25, 0.3) is 0 Å². The Kier molecular flexibility index (Phi) is 6.23. The minimum Gasteiger partial charge on any atom is -0.399 e. The molecule has 2 aromatic rings. The van der Waals surface area contributed by atoms with E-state index in [1.165, 1.54) is 10.5 Å². The van der Waals surface area contributed by atoms with Crippen LogP contribution in [0.15, 0.2) is 42.5 Å². The van der Waals surface area contributed by atoms with Crippen LogP contribution in [-0.4, -0.2) is 22.6 Å². The third-order valence-corrected chi connectivity index (χ3v) is 5.50. The fourth-order valence-electron chi connectivity index (χ4n) is 3.97. The van der Waals surface area contributed by atoms with Crippen molar-refractivity contribution in [3.05, 3.63) is 64.7 Å². The van der Waals surface area contributed by atoms with Crippen LogP contribution in [0.5, 0.6) is 0 Å². The lowest BCUT2D eigenvalue weighted by molar-refractivity contribution is -0.139. The van der Waals surface area contributed by atoms with Gasteiger partial charge >= 0.3 is 0 Å². The number of nitrogens with two attached hydrogens (primary N) is 1. The number of carbonyl (C=O) groups excluding carboxylic acids is 3. The predicted octanol–water partition coefficient (Wildman–Crippen LogP) is 3.15. The van der Waals surface area contributed by atoms with Gasteiger partial charge in [0.25, 0.3) is 5.91 Å². The number of aryl methyl sites for hydroxylation is 1. The van der Waals surface area contributed by atoms with Crippen LogP contribution in [0.4, 0.5) is 5.69 Å². The van der Waals surface area contributed by atoms with E-state index < -0.39 is 0 Å². The number of benzene rings is 2. The summed E-state index contributed by atoms with van der Waals surface area (Å²) in [7, 11) is 0. The van der Waals surface area contributed by atoms with Crippen LogP contribution < -0.4 is 11.1 Å². The van der Waals surface area contributed by atoms with Crippen LogP contribution in [0, 0.1) is 0 Å². The first kappa shape index (κ1) is 20.9. The van der Waals surface area contributed by atoms with Crippen molar-refractivity contribution in [2.24, 2.45) is 0 Å². The van der Waals surface area contributed by atoms with E-state index in [0.717, 1.165) is 36.1 Å². The van der Waals surface area contributed by atoms with E-state index in [1.807, 2.05) is 18.2 Å². The highest BCUT2D eigenvalue weighted by molar-refractivity contribution is 6.01. The van der Waals surface area contributed by atoms with Gasteiger partial charge in [-0.1, -0.05) is 18.2 Å². The van der Waals surface area contributed by atoms with Crippen molar-refractivity contribution in [2.75, 3.05) is 5.73 Å². The van der Waals surface area contributed by atoms with Crippen LogP contribution in [0.3, 0.4) is 0 Å². The smallest absolute Gasteiger partial charge is 0.251 e. The van der Waals surface area contributed by atoms with E-state index in [0.29, 0.717) is 5.56 Å². The molecule has 0 radical (unpaired) electrons. The van der Waals surface area contributed by atoms with Gasteiger partial charge in [0.1, 0.15) is 0 Å². The molecule has 2 aliphatic rings. The molecule has 0 saturated carbocycles. The third-order valence-electron chi connectivity index (χ3n) is 5.50. The Bertz CT molecular complexity index is 927. The largest absolute Gasteiger partial charge is 0.399 e. The molecule has 29 heavy (non-hydrogen) atoms. The molecule has 1 saturated heterocycles. The molecule has 0 bridgehead atoms. The third kappa shape index (κ3) is 4.43. The first-order chi connectivity index (χ1) is 13.5. The molecule has 6 nitrogen and oxygen atoms in total. The van der Waals surface area contributed by atoms with Crippen molar-refractivity contribution in [1.82, 2.24) is 10.2 Å². The van der Waals surface area contributed by atoms with Gasteiger partial charge in [-0.15, -0.1) is 12.4 Å². The van der Waals surface area contributed by atoms with Crippen LogP contribution >= 0.6 is 12.4 Å².